The summed E-state index contributed by atoms with van der Waals surface area (Å²) in [5.74, 6) is -0.358. The Labute approximate surface area is 285 Å². The molecule has 2 atom stereocenters. The summed E-state index contributed by atoms with van der Waals surface area (Å²) in [5, 5.41) is 10.3. The Morgan fingerprint density at radius 2 is 1.50 bits per heavy atom. The van der Waals surface area contributed by atoms with Crippen LogP contribution in [-0.2, 0) is 24.2 Å². The number of aromatic nitrogens is 1. The van der Waals surface area contributed by atoms with Crippen LogP contribution in [0.5, 0.6) is 0 Å². The smallest absolute Gasteiger partial charge is 0.410 e. The zero-order valence-corrected chi connectivity index (χ0v) is 30.6. The van der Waals surface area contributed by atoms with Crippen LogP contribution < -0.4 is 15.7 Å². The highest BCUT2D eigenvalue weighted by atomic mass is 28.4. The van der Waals surface area contributed by atoms with Gasteiger partial charge in [-0.2, -0.15) is 0 Å². The molecule has 0 aliphatic carbocycles. The molecule has 2 amide bonds. The first-order chi connectivity index (χ1) is 22.5. The van der Waals surface area contributed by atoms with E-state index in [-0.39, 0.29) is 30.7 Å². The van der Waals surface area contributed by atoms with E-state index in [1.165, 1.54) is 0 Å². The van der Waals surface area contributed by atoms with Crippen LogP contribution in [0.4, 0.5) is 4.79 Å². The molecule has 0 unspecified atom stereocenters. The molecule has 4 aromatic rings. The van der Waals surface area contributed by atoms with Gasteiger partial charge in [-0.25, -0.2) is 4.79 Å². The summed E-state index contributed by atoms with van der Waals surface area (Å²) in [6.45, 7) is 18.1. The van der Waals surface area contributed by atoms with E-state index in [4.69, 9.17) is 18.4 Å². The van der Waals surface area contributed by atoms with Gasteiger partial charge in [0.25, 0.3) is 14.2 Å². The number of benzene rings is 3. The maximum absolute atomic E-state index is 13.8. The first-order valence-corrected chi connectivity index (χ1v) is 18.5. The highest BCUT2D eigenvalue weighted by Crippen LogP contribution is 2.37. The number of hydrogen-bond donors (Lipinski definition) is 1. The summed E-state index contributed by atoms with van der Waals surface area (Å²) < 4.78 is 24.9. The maximum Gasteiger partial charge on any atom is 0.410 e. The molecule has 0 bridgehead atoms. The monoisotopic (exact) mass is 671 g/mol. The van der Waals surface area contributed by atoms with Crippen LogP contribution in [0, 0.1) is 6.92 Å². The molecular weight excluding hydrogens is 623 g/mol. The summed E-state index contributed by atoms with van der Waals surface area (Å²) >= 11 is 0. The van der Waals surface area contributed by atoms with Crippen LogP contribution in [-0.4, -0.2) is 67.9 Å². The lowest BCUT2D eigenvalue weighted by atomic mass is 9.96. The fraction of sp³-hybridized carbons (Fsp3) is 0.447. The van der Waals surface area contributed by atoms with Crippen LogP contribution in [0.1, 0.15) is 66.6 Å². The lowest BCUT2D eigenvalue weighted by Crippen LogP contribution is -2.68. The van der Waals surface area contributed by atoms with Crippen molar-refractivity contribution in [2.24, 2.45) is 0 Å². The van der Waals surface area contributed by atoms with Gasteiger partial charge in [-0.3, -0.25) is 9.69 Å². The summed E-state index contributed by atoms with van der Waals surface area (Å²) in [6.07, 6.45) is -1.45. The first-order valence-electron chi connectivity index (χ1n) is 16.6. The highest BCUT2D eigenvalue weighted by Gasteiger charge is 2.51. The molecular formula is C38H49N3O6Si. The van der Waals surface area contributed by atoms with Crippen LogP contribution >= 0.6 is 0 Å². The Balaban J connectivity index is 1.41. The topological polar surface area (TPSA) is 103 Å². The van der Waals surface area contributed by atoms with Gasteiger partial charge in [-0.15, -0.1) is 0 Å². The fourth-order valence-electron chi connectivity index (χ4n) is 6.52. The first kappa shape index (κ1) is 35.3. The van der Waals surface area contributed by atoms with Gasteiger partial charge < -0.3 is 23.7 Å². The third-order valence-electron chi connectivity index (χ3n) is 8.85. The van der Waals surface area contributed by atoms with Gasteiger partial charge in [0.2, 0.25) is 0 Å². The van der Waals surface area contributed by atoms with Crippen LogP contribution in [0.3, 0.4) is 0 Å². The number of aryl methyl sites for hydroxylation is 1. The second-order valence-corrected chi connectivity index (χ2v) is 19.5. The van der Waals surface area contributed by atoms with E-state index >= 15 is 0 Å². The Hall–Kier alpha value is -3.99. The number of rotatable bonds is 8. The Morgan fingerprint density at radius 3 is 2.06 bits per heavy atom. The van der Waals surface area contributed by atoms with Gasteiger partial charge in [0.15, 0.2) is 11.7 Å². The van der Waals surface area contributed by atoms with Crippen molar-refractivity contribution in [3.8, 4) is 0 Å². The molecule has 9 nitrogen and oxygen atoms in total. The minimum absolute atomic E-state index is 0.00424. The molecule has 10 heteroatoms. The number of para-hydroxylation sites is 1. The van der Waals surface area contributed by atoms with Crippen molar-refractivity contribution >= 4 is 41.7 Å². The van der Waals surface area contributed by atoms with Gasteiger partial charge in [-0.05, 0) is 68.6 Å². The predicted octanol–water partition coefficient (Wildman–Crippen LogP) is 6.07. The van der Waals surface area contributed by atoms with E-state index < -0.39 is 37.7 Å². The van der Waals surface area contributed by atoms with E-state index in [0.717, 1.165) is 21.3 Å². The number of fused-ring (bicyclic) bond motifs is 1. The van der Waals surface area contributed by atoms with Crippen molar-refractivity contribution < 1.29 is 28.0 Å². The van der Waals surface area contributed by atoms with Crippen LogP contribution in [0.2, 0.25) is 5.04 Å². The van der Waals surface area contributed by atoms with Crippen LogP contribution in [0.25, 0.3) is 11.0 Å². The SMILES string of the molecule is Cc1cccc2c(C(C)(C)NC(=O)[C@@H]3CN(C(=O)OC(C)(C)C)[C@H](CO[Si](c4ccccc4)(c4ccccc4)C(C)(C)C)CO3)noc12. The van der Waals surface area contributed by atoms with E-state index in [2.05, 4.69) is 55.5 Å². The van der Waals surface area contributed by atoms with Crippen molar-refractivity contribution in [3.05, 3.63) is 90.1 Å². The second kappa shape index (κ2) is 13.5. The molecule has 1 aromatic heterocycles. The number of amides is 2. The highest BCUT2D eigenvalue weighted by molar-refractivity contribution is 6.99. The molecule has 1 aliphatic rings. The third-order valence-corrected chi connectivity index (χ3v) is 13.9. The van der Waals surface area contributed by atoms with Crippen molar-refractivity contribution in [3.63, 3.8) is 0 Å². The van der Waals surface area contributed by atoms with Crippen molar-refractivity contribution in [2.75, 3.05) is 19.8 Å². The molecule has 0 saturated carbocycles. The molecule has 3 aromatic carbocycles. The lowest BCUT2D eigenvalue weighted by Gasteiger charge is -2.46. The molecule has 1 aliphatic heterocycles. The number of hydrogen-bond acceptors (Lipinski definition) is 7. The van der Waals surface area contributed by atoms with Gasteiger partial charge in [0.1, 0.15) is 11.3 Å². The number of nitrogens with one attached hydrogen (secondary N) is 1. The van der Waals surface area contributed by atoms with E-state index in [1.54, 1.807) is 4.90 Å². The average Bonchev–Trinajstić information content (AvgIpc) is 3.47. The normalized spacial score (nSPS) is 17.7. The van der Waals surface area contributed by atoms with Crippen molar-refractivity contribution in [2.45, 2.75) is 90.6 Å². The molecule has 256 valence electrons. The molecule has 0 spiro atoms. The van der Waals surface area contributed by atoms with Gasteiger partial charge in [-0.1, -0.05) is 98.7 Å². The quantitative estimate of drug-likeness (QED) is 0.227. The van der Waals surface area contributed by atoms with E-state index in [0.29, 0.717) is 11.3 Å². The summed E-state index contributed by atoms with van der Waals surface area (Å²) in [7, 11) is -2.90. The zero-order chi connectivity index (χ0) is 34.9. The maximum atomic E-state index is 13.8. The Bertz CT molecular complexity index is 1690. The van der Waals surface area contributed by atoms with Gasteiger partial charge >= 0.3 is 6.09 Å². The molecule has 5 rings (SSSR count). The number of ether oxygens (including phenoxy) is 2. The number of carbonyl (C=O) groups excluding carboxylic acids is 2. The molecule has 48 heavy (non-hydrogen) atoms. The summed E-state index contributed by atoms with van der Waals surface area (Å²) in [6, 6.07) is 26.1. The predicted molar refractivity (Wildman–Crippen MR) is 190 cm³/mol. The fourth-order valence-corrected chi connectivity index (χ4v) is 11.1. The number of carbonyl (C=O) groups is 2. The lowest BCUT2D eigenvalue weighted by molar-refractivity contribution is -0.144. The second-order valence-electron chi connectivity index (χ2n) is 15.2. The van der Waals surface area contributed by atoms with Gasteiger partial charge in [0, 0.05) is 5.39 Å². The Kier molecular flexibility index (Phi) is 9.92. The zero-order valence-electron chi connectivity index (χ0n) is 29.6. The Morgan fingerprint density at radius 1 is 0.896 bits per heavy atom. The molecule has 1 N–H and O–H groups in total. The van der Waals surface area contributed by atoms with Crippen molar-refractivity contribution in [1.82, 2.24) is 15.4 Å². The summed E-state index contributed by atoms with van der Waals surface area (Å²) in [5.41, 5.74) is 0.655. The van der Waals surface area contributed by atoms with Crippen LogP contribution in [0.15, 0.2) is 83.4 Å². The molecule has 1 saturated heterocycles. The molecule has 0 radical (unpaired) electrons. The third kappa shape index (κ3) is 7.21. The van der Waals surface area contributed by atoms with Gasteiger partial charge in [0.05, 0.1) is 31.3 Å². The summed E-state index contributed by atoms with van der Waals surface area (Å²) in [4.78, 5) is 29.1. The largest absolute Gasteiger partial charge is 0.444 e. The number of nitrogens with zero attached hydrogens (tertiary/aromatic N) is 2. The minimum Gasteiger partial charge on any atom is -0.444 e. The molecule has 2 heterocycles. The van der Waals surface area contributed by atoms with E-state index in [9.17, 15) is 9.59 Å². The average molecular weight is 672 g/mol. The van der Waals surface area contributed by atoms with E-state index in [1.807, 2.05) is 96.1 Å². The molecule has 1 fully saturated rings. The number of morpholine rings is 1. The van der Waals surface area contributed by atoms with Crippen molar-refractivity contribution in [1.29, 1.82) is 0 Å². The minimum atomic E-state index is -2.90. The standard InChI is InChI=1S/C38H49N3O6Si/c1-26-17-16-22-30-32(26)47-40-33(30)38(8,9)39-34(42)31-23-41(35(43)46-36(2,3)4)27(24-44-31)25-45-48(37(5,6)7,28-18-12-10-13-19-28)29-20-14-11-15-21-29/h10-22,27,31H,23-25H2,1-9H3,(H,39,42)/t27-,31-/m0/s1.